The summed E-state index contributed by atoms with van der Waals surface area (Å²) in [4.78, 5) is 4.86. The van der Waals surface area contributed by atoms with Crippen LogP contribution < -0.4 is 0 Å². The number of hydrogen-bond donors (Lipinski definition) is 0. The minimum atomic E-state index is -2.07. The zero-order valence-corrected chi connectivity index (χ0v) is 18.6. The molecule has 1 aromatic heterocycles. The summed E-state index contributed by atoms with van der Waals surface area (Å²) in [7, 11) is 0. The van der Waals surface area contributed by atoms with Crippen LogP contribution in [-0.4, -0.2) is 34.0 Å². The Kier molecular flexibility index (Phi) is 8.14. The molecule has 26 heavy (non-hydrogen) atoms. The fourth-order valence-corrected chi connectivity index (χ4v) is 12.6. The van der Waals surface area contributed by atoms with Gasteiger partial charge in [0.1, 0.15) is 0 Å². The molecule has 2 rings (SSSR count). The van der Waals surface area contributed by atoms with E-state index in [9.17, 15) is 0 Å². The Hall–Kier alpha value is -0.880. The van der Waals surface area contributed by atoms with Crippen LogP contribution in [-0.2, 0) is 0 Å². The zero-order valence-electron chi connectivity index (χ0n) is 17.7. The summed E-state index contributed by atoms with van der Waals surface area (Å²) in [6.07, 6.45) is 18.6. The summed E-state index contributed by atoms with van der Waals surface area (Å²) in [6, 6.07) is 8.84. The van der Waals surface area contributed by atoms with E-state index in [0.717, 1.165) is 0 Å². The van der Waals surface area contributed by atoms with E-state index in [1.165, 1.54) is 87.0 Å². The van der Waals surface area contributed by atoms with Crippen molar-refractivity contribution in [3.05, 3.63) is 30.6 Å². The Morgan fingerprint density at radius 2 is 1.19 bits per heavy atom. The number of fused-ring (bicyclic) bond motifs is 1. The molecule has 2 nitrogen and oxygen atoms in total. The molecule has 0 N–H and O–H groups in total. The monoisotopic (exact) mass is 376 g/mol. The summed E-state index contributed by atoms with van der Waals surface area (Å²) in [5, 5.41) is 0. The molecule has 1 heterocycles. The van der Waals surface area contributed by atoms with Crippen LogP contribution in [0.5, 0.6) is 0 Å². The second kappa shape index (κ2) is 9.88. The molecular formula is C23H41N2P. The molecule has 148 valence electrons. The van der Waals surface area contributed by atoms with Crippen molar-refractivity contribution in [3.63, 3.8) is 0 Å². The molecule has 0 bridgehead atoms. The molecule has 0 aliphatic rings. The van der Waals surface area contributed by atoms with Crippen molar-refractivity contribution in [3.8, 4) is 0 Å². The van der Waals surface area contributed by atoms with Gasteiger partial charge in [-0.1, -0.05) is 0 Å². The summed E-state index contributed by atoms with van der Waals surface area (Å²) >= 11 is 0. The third-order valence-corrected chi connectivity index (χ3v) is 13.8. The molecule has 0 radical (unpaired) electrons. The first-order chi connectivity index (χ1) is 12.7. The van der Waals surface area contributed by atoms with Gasteiger partial charge in [0.15, 0.2) is 0 Å². The zero-order chi connectivity index (χ0) is 18.9. The molecule has 3 heteroatoms. The molecule has 0 saturated heterocycles. The Morgan fingerprint density at radius 3 is 1.65 bits per heavy atom. The topological polar surface area (TPSA) is 17.8 Å². The molecule has 2 aromatic rings. The molecule has 0 spiro atoms. The van der Waals surface area contributed by atoms with Crippen molar-refractivity contribution in [2.45, 2.75) is 79.1 Å². The Morgan fingerprint density at radius 1 is 0.731 bits per heavy atom. The van der Waals surface area contributed by atoms with Crippen LogP contribution in [0.2, 0.25) is 0 Å². The van der Waals surface area contributed by atoms with E-state index < -0.39 is 6.75 Å². The normalized spacial score (nSPS) is 13.8. The summed E-state index contributed by atoms with van der Waals surface area (Å²) in [5.74, 6) is 0. The van der Waals surface area contributed by atoms with Crippen molar-refractivity contribution in [2.75, 3.05) is 24.6 Å². The Bertz CT molecular complexity index is 618. The van der Waals surface area contributed by atoms with Gasteiger partial charge in [0.05, 0.1) is 0 Å². The van der Waals surface area contributed by atoms with Gasteiger partial charge < -0.3 is 0 Å². The van der Waals surface area contributed by atoms with Gasteiger partial charge in [0, 0.05) is 0 Å². The van der Waals surface area contributed by atoms with Crippen LogP contribution in [0, 0.1) is 0 Å². The van der Waals surface area contributed by atoms with Gasteiger partial charge in [-0.25, -0.2) is 0 Å². The van der Waals surface area contributed by atoms with E-state index in [1.54, 1.807) is 0 Å². The number of aromatic nitrogens is 2. The van der Waals surface area contributed by atoms with Crippen LogP contribution in [0.25, 0.3) is 11.0 Å². The Balaban J connectivity index is 2.68. The van der Waals surface area contributed by atoms with E-state index in [2.05, 4.69) is 62.6 Å². The number of rotatable bonds is 13. The van der Waals surface area contributed by atoms with Crippen molar-refractivity contribution < 1.29 is 0 Å². The van der Waals surface area contributed by atoms with Gasteiger partial charge in [-0.05, 0) is 0 Å². The SMILES string of the molecule is CCCCP(CCCC)(CCCC)(CCCC)n1cnc2ccccc21. The van der Waals surface area contributed by atoms with E-state index >= 15 is 0 Å². The van der Waals surface area contributed by atoms with E-state index in [1.807, 2.05) is 0 Å². The minimum absolute atomic E-state index is 1.18. The fourth-order valence-electron chi connectivity index (χ4n) is 4.76. The molecule has 0 unspecified atom stereocenters. The van der Waals surface area contributed by atoms with Gasteiger partial charge in [0.2, 0.25) is 0 Å². The first kappa shape index (κ1) is 21.4. The third-order valence-electron chi connectivity index (χ3n) is 6.39. The van der Waals surface area contributed by atoms with Crippen LogP contribution in [0.15, 0.2) is 30.6 Å². The summed E-state index contributed by atoms with van der Waals surface area (Å²) in [5.41, 5.74) is 2.58. The number of nitrogens with zero attached hydrogens (tertiary/aromatic N) is 2. The van der Waals surface area contributed by atoms with Crippen molar-refractivity contribution in [1.82, 2.24) is 9.32 Å². The van der Waals surface area contributed by atoms with Crippen LogP contribution in [0.1, 0.15) is 79.1 Å². The average Bonchev–Trinajstić information content (AvgIpc) is 3.13. The molecular weight excluding hydrogens is 335 g/mol. The average molecular weight is 377 g/mol. The predicted octanol–water partition coefficient (Wildman–Crippen LogP) is 7.55. The van der Waals surface area contributed by atoms with Gasteiger partial charge in [-0.15, -0.1) is 0 Å². The third kappa shape index (κ3) is 4.33. The molecule has 0 aliphatic carbocycles. The van der Waals surface area contributed by atoms with Gasteiger partial charge >= 0.3 is 161 Å². The van der Waals surface area contributed by atoms with Crippen molar-refractivity contribution in [1.29, 1.82) is 0 Å². The standard InChI is InChI=1S/C23H41N2P/c1-5-9-17-26(18-10-6-2,19-11-7-3,20-12-8-4)25-21-24-22-15-13-14-16-23(22)25/h13-16,21H,5-12,17-20H2,1-4H3. The van der Waals surface area contributed by atoms with E-state index in [4.69, 9.17) is 4.98 Å². The molecule has 1 aromatic carbocycles. The summed E-state index contributed by atoms with van der Waals surface area (Å²) in [6.45, 7) is 7.37. The van der Waals surface area contributed by atoms with Gasteiger partial charge in [0.25, 0.3) is 0 Å². The molecule has 0 fully saturated rings. The van der Waals surface area contributed by atoms with Crippen molar-refractivity contribution >= 4 is 17.8 Å². The molecule has 0 saturated carbocycles. The van der Waals surface area contributed by atoms with E-state index in [0.29, 0.717) is 0 Å². The van der Waals surface area contributed by atoms with Gasteiger partial charge in [-0.3, -0.25) is 0 Å². The Labute approximate surface area is 161 Å². The quantitative estimate of drug-likeness (QED) is 0.330. The van der Waals surface area contributed by atoms with Crippen molar-refractivity contribution in [2.24, 2.45) is 0 Å². The number of benzene rings is 1. The number of hydrogen-bond acceptors (Lipinski definition) is 1. The van der Waals surface area contributed by atoms with E-state index in [-0.39, 0.29) is 0 Å². The summed E-state index contributed by atoms with van der Waals surface area (Å²) < 4.78 is 2.78. The molecule has 0 amide bonds. The van der Waals surface area contributed by atoms with Gasteiger partial charge in [-0.2, -0.15) is 0 Å². The first-order valence-corrected chi connectivity index (χ1v) is 14.0. The number of unbranched alkanes of at least 4 members (excludes halogenated alkanes) is 4. The van der Waals surface area contributed by atoms with Crippen LogP contribution in [0.3, 0.4) is 0 Å². The molecule has 0 atom stereocenters. The number of imidazole rings is 1. The second-order valence-electron chi connectivity index (χ2n) is 8.29. The maximum absolute atomic E-state index is 4.86. The molecule has 0 aliphatic heterocycles. The predicted molar refractivity (Wildman–Crippen MR) is 121 cm³/mol. The number of para-hydroxylation sites is 2. The first-order valence-electron chi connectivity index (χ1n) is 11.1. The van der Waals surface area contributed by atoms with Crippen LogP contribution >= 0.6 is 6.75 Å². The maximum atomic E-state index is 4.86. The van der Waals surface area contributed by atoms with Crippen LogP contribution in [0.4, 0.5) is 0 Å². The second-order valence-corrected chi connectivity index (χ2v) is 14.3. The fraction of sp³-hybridized carbons (Fsp3) is 0.696.